The Balaban J connectivity index is 1.65. The lowest BCUT2D eigenvalue weighted by Gasteiger charge is -2.50. The molecule has 0 bridgehead atoms. The largest absolute Gasteiger partial charge is 0.490 e. The van der Waals surface area contributed by atoms with E-state index in [0.29, 0.717) is 24.5 Å². The molecule has 29 heavy (non-hydrogen) atoms. The minimum absolute atomic E-state index is 0.0116. The Hall–Kier alpha value is -2.31. The monoisotopic (exact) mass is 413 g/mol. The Labute approximate surface area is 174 Å². The standard InChI is InChI=1S/C22H24ClN3O3/c1-2-21(27)6-5-19-17(9-21)22(12-28-20(24)26-22)16-8-13(3-4-18(16)29-19)14-7-15(23)11-25-10-14/h3-4,7-8,10-11,17,19,27H,2,5-6,9,12H2,1H3,(H2,24,26)/t17-,19?,21?,22?/m0/s1. The Bertz CT molecular complexity index is 997. The van der Waals surface area contributed by atoms with Crippen molar-refractivity contribution in [2.45, 2.75) is 49.9 Å². The summed E-state index contributed by atoms with van der Waals surface area (Å²) in [4.78, 5) is 9.00. The average molecular weight is 414 g/mol. The topological polar surface area (TPSA) is 90.0 Å². The maximum absolute atomic E-state index is 11.0. The second-order valence-electron chi connectivity index (χ2n) is 8.35. The summed E-state index contributed by atoms with van der Waals surface area (Å²) in [6.07, 6.45) is 6.19. The Morgan fingerprint density at radius 1 is 1.28 bits per heavy atom. The number of amidine groups is 1. The summed E-state index contributed by atoms with van der Waals surface area (Å²) >= 11 is 6.14. The van der Waals surface area contributed by atoms with Crippen LogP contribution in [0.3, 0.4) is 0 Å². The lowest BCUT2D eigenvalue weighted by Crippen LogP contribution is -2.54. The molecule has 3 aliphatic rings. The van der Waals surface area contributed by atoms with Crippen molar-refractivity contribution in [1.29, 1.82) is 0 Å². The number of aliphatic imine (C=N–C) groups is 1. The molecule has 1 aromatic carbocycles. The third-order valence-corrected chi connectivity index (χ3v) is 6.93. The van der Waals surface area contributed by atoms with Gasteiger partial charge < -0.3 is 20.3 Å². The van der Waals surface area contributed by atoms with E-state index in [2.05, 4.69) is 11.1 Å². The molecule has 1 spiro atoms. The first-order valence-electron chi connectivity index (χ1n) is 10.1. The zero-order valence-corrected chi connectivity index (χ0v) is 17.0. The highest BCUT2D eigenvalue weighted by Gasteiger charge is 2.57. The summed E-state index contributed by atoms with van der Waals surface area (Å²) in [6.45, 7) is 2.38. The molecule has 3 unspecified atom stereocenters. The van der Waals surface area contributed by atoms with Crippen LogP contribution in [0.4, 0.5) is 0 Å². The summed E-state index contributed by atoms with van der Waals surface area (Å²) in [5.41, 5.74) is 7.45. The fourth-order valence-electron chi connectivity index (χ4n) is 5.05. The minimum atomic E-state index is -0.712. The SMILES string of the molecule is CCC1(O)CCC2Oc3ccc(-c4cncc(Cl)c4)cc3C3(COC(N)=N3)[C@H]2C1. The van der Waals surface area contributed by atoms with Gasteiger partial charge in [-0.15, -0.1) is 0 Å². The molecule has 2 aliphatic heterocycles. The van der Waals surface area contributed by atoms with Crippen LogP contribution in [-0.2, 0) is 10.3 Å². The van der Waals surface area contributed by atoms with E-state index in [1.54, 1.807) is 12.4 Å². The van der Waals surface area contributed by atoms with E-state index < -0.39 is 11.1 Å². The fraction of sp³-hybridized carbons (Fsp3) is 0.455. The molecule has 3 heterocycles. The zero-order valence-electron chi connectivity index (χ0n) is 16.3. The van der Waals surface area contributed by atoms with Crippen molar-refractivity contribution in [2.24, 2.45) is 16.6 Å². The van der Waals surface area contributed by atoms with Crippen LogP contribution in [0, 0.1) is 5.92 Å². The lowest BCUT2D eigenvalue weighted by atomic mass is 9.63. The quantitative estimate of drug-likeness (QED) is 0.784. The van der Waals surface area contributed by atoms with Crippen LogP contribution in [0.5, 0.6) is 5.75 Å². The van der Waals surface area contributed by atoms with Crippen LogP contribution >= 0.6 is 11.6 Å². The number of nitrogens with two attached hydrogens (primary N) is 1. The van der Waals surface area contributed by atoms with Gasteiger partial charge in [0.15, 0.2) is 0 Å². The summed E-state index contributed by atoms with van der Waals surface area (Å²) in [5.74, 6) is 0.788. The van der Waals surface area contributed by atoms with E-state index in [1.165, 1.54) is 0 Å². The van der Waals surface area contributed by atoms with E-state index in [4.69, 9.17) is 31.8 Å². The molecule has 0 radical (unpaired) electrons. The number of rotatable bonds is 2. The van der Waals surface area contributed by atoms with Gasteiger partial charge in [0.2, 0.25) is 0 Å². The highest BCUT2D eigenvalue weighted by atomic mass is 35.5. The number of benzene rings is 1. The van der Waals surface area contributed by atoms with Gasteiger partial charge in [0.05, 0.1) is 10.6 Å². The number of hydrogen-bond donors (Lipinski definition) is 2. The van der Waals surface area contributed by atoms with Gasteiger partial charge in [-0.05, 0) is 49.4 Å². The number of halogens is 1. The molecule has 7 heteroatoms. The van der Waals surface area contributed by atoms with Crippen LogP contribution in [0.2, 0.25) is 5.02 Å². The summed E-state index contributed by atoms with van der Waals surface area (Å²) in [5, 5.41) is 11.6. The van der Waals surface area contributed by atoms with E-state index in [-0.39, 0.29) is 18.0 Å². The second-order valence-corrected chi connectivity index (χ2v) is 8.79. The van der Waals surface area contributed by atoms with Gasteiger partial charge in [0.1, 0.15) is 24.0 Å². The molecular formula is C22H24ClN3O3. The third-order valence-electron chi connectivity index (χ3n) is 6.73. The maximum atomic E-state index is 11.0. The van der Waals surface area contributed by atoms with Crippen LogP contribution in [0.15, 0.2) is 41.7 Å². The maximum Gasteiger partial charge on any atom is 0.283 e. The predicted octanol–water partition coefficient (Wildman–Crippen LogP) is 3.64. The van der Waals surface area contributed by atoms with Crippen molar-refractivity contribution in [3.8, 4) is 16.9 Å². The predicted molar refractivity (Wildman–Crippen MR) is 111 cm³/mol. The number of aromatic nitrogens is 1. The van der Waals surface area contributed by atoms with Crippen molar-refractivity contribution < 1.29 is 14.6 Å². The molecule has 0 amide bonds. The van der Waals surface area contributed by atoms with Crippen molar-refractivity contribution in [1.82, 2.24) is 4.98 Å². The first-order chi connectivity index (χ1) is 13.9. The molecular weight excluding hydrogens is 390 g/mol. The van der Waals surface area contributed by atoms with Gasteiger partial charge in [0.25, 0.3) is 6.02 Å². The summed E-state index contributed by atoms with van der Waals surface area (Å²) in [7, 11) is 0. The van der Waals surface area contributed by atoms with Crippen LogP contribution < -0.4 is 10.5 Å². The number of pyridine rings is 1. The van der Waals surface area contributed by atoms with E-state index in [0.717, 1.165) is 35.3 Å². The molecule has 2 aromatic rings. The number of ether oxygens (including phenoxy) is 2. The van der Waals surface area contributed by atoms with E-state index in [1.807, 2.05) is 25.1 Å². The summed E-state index contributed by atoms with van der Waals surface area (Å²) < 4.78 is 12.1. The first-order valence-corrected chi connectivity index (χ1v) is 10.4. The normalized spacial score (nSPS) is 32.7. The van der Waals surface area contributed by atoms with Gasteiger partial charge in [-0.25, -0.2) is 4.99 Å². The third kappa shape index (κ3) is 2.97. The van der Waals surface area contributed by atoms with Gasteiger partial charge in [-0.2, -0.15) is 0 Å². The van der Waals surface area contributed by atoms with Crippen LogP contribution in [0.25, 0.3) is 11.1 Å². The van der Waals surface area contributed by atoms with Crippen molar-refractivity contribution in [2.75, 3.05) is 6.61 Å². The van der Waals surface area contributed by atoms with Crippen molar-refractivity contribution in [3.63, 3.8) is 0 Å². The Kier molecular flexibility index (Phi) is 4.26. The number of nitrogens with zero attached hydrogens (tertiary/aromatic N) is 2. The molecule has 152 valence electrons. The first kappa shape index (κ1) is 18.7. The van der Waals surface area contributed by atoms with Crippen LogP contribution in [-0.4, -0.2) is 34.4 Å². The average Bonchev–Trinajstić information content (AvgIpc) is 3.11. The van der Waals surface area contributed by atoms with Crippen molar-refractivity contribution >= 4 is 17.6 Å². The van der Waals surface area contributed by atoms with Gasteiger partial charge in [-0.1, -0.05) is 24.6 Å². The smallest absolute Gasteiger partial charge is 0.283 e. The highest BCUT2D eigenvalue weighted by Crippen LogP contribution is 2.54. The number of hydrogen-bond acceptors (Lipinski definition) is 6. The molecule has 3 N–H and O–H groups in total. The molecule has 0 saturated heterocycles. The molecule has 1 aliphatic carbocycles. The van der Waals surface area contributed by atoms with Gasteiger partial charge in [-0.3, -0.25) is 4.98 Å². The molecule has 4 atom stereocenters. The second kappa shape index (κ2) is 6.61. The molecule has 5 rings (SSSR count). The van der Waals surface area contributed by atoms with Crippen molar-refractivity contribution in [3.05, 3.63) is 47.2 Å². The lowest BCUT2D eigenvalue weighted by molar-refractivity contribution is -0.0912. The van der Waals surface area contributed by atoms with E-state index in [9.17, 15) is 5.11 Å². The Morgan fingerprint density at radius 3 is 2.86 bits per heavy atom. The molecule has 1 saturated carbocycles. The molecule has 1 aromatic heterocycles. The summed E-state index contributed by atoms with van der Waals surface area (Å²) in [6, 6.07) is 8.14. The molecule has 1 fully saturated rings. The van der Waals surface area contributed by atoms with E-state index >= 15 is 0 Å². The fourth-order valence-corrected chi connectivity index (χ4v) is 5.22. The molecule has 6 nitrogen and oxygen atoms in total. The van der Waals surface area contributed by atoms with Gasteiger partial charge >= 0.3 is 0 Å². The number of fused-ring (bicyclic) bond motifs is 4. The van der Waals surface area contributed by atoms with Crippen LogP contribution in [0.1, 0.15) is 38.2 Å². The Morgan fingerprint density at radius 2 is 2.14 bits per heavy atom. The zero-order chi connectivity index (χ0) is 20.2. The van der Waals surface area contributed by atoms with Gasteiger partial charge in [0, 0.05) is 29.4 Å². The number of aliphatic hydroxyl groups is 1. The highest BCUT2D eigenvalue weighted by molar-refractivity contribution is 6.30. The minimum Gasteiger partial charge on any atom is -0.490 e.